The number of hydrogen-bond donors (Lipinski definition) is 1. The third-order valence-corrected chi connectivity index (χ3v) is 2.76. The van der Waals surface area contributed by atoms with Crippen LogP contribution in [0.1, 0.15) is 20.8 Å². The Bertz CT molecular complexity index is 458. The second-order valence-electron chi connectivity index (χ2n) is 5.68. The molecule has 0 radical (unpaired) electrons. The van der Waals surface area contributed by atoms with Crippen molar-refractivity contribution in [1.29, 1.82) is 0 Å². The van der Waals surface area contributed by atoms with E-state index in [9.17, 15) is 0 Å². The zero-order valence-corrected chi connectivity index (χ0v) is 12.8. The molecule has 1 aliphatic heterocycles. The van der Waals surface area contributed by atoms with E-state index in [1.54, 1.807) is 0 Å². The molecule has 1 fully saturated rings. The average molecular weight is 297 g/mol. The molecule has 2 heterocycles. The second-order valence-corrected chi connectivity index (χ2v) is 5.68. The van der Waals surface area contributed by atoms with Gasteiger partial charge >= 0.3 is 6.01 Å². The van der Waals surface area contributed by atoms with Crippen molar-refractivity contribution in [3.05, 3.63) is 0 Å². The topological polar surface area (TPSA) is 95.6 Å². The van der Waals surface area contributed by atoms with Crippen molar-refractivity contribution in [2.24, 2.45) is 0 Å². The fourth-order valence-electron chi connectivity index (χ4n) is 1.81. The van der Waals surface area contributed by atoms with Crippen LogP contribution >= 0.6 is 0 Å². The molecule has 1 aliphatic rings. The molecule has 2 N–H and O–H groups in total. The number of aromatic nitrogens is 3. The Kier molecular flexibility index (Phi) is 5.13. The van der Waals surface area contributed by atoms with Gasteiger partial charge in [-0.1, -0.05) is 0 Å². The summed E-state index contributed by atoms with van der Waals surface area (Å²) < 4.78 is 16.4. The molecule has 8 nitrogen and oxygen atoms in total. The van der Waals surface area contributed by atoms with E-state index in [1.165, 1.54) is 0 Å². The van der Waals surface area contributed by atoms with E-state index < -0.39 is 0 Å². The maximum Gasteiger partial charge on any atom is 0.323 e. The fraction of sp³-hybridized carbons (Fsp3) is 0.769. The van der Waals surface area contributed by atoms with Crippen LogP contribution in [0.25, 0.3) is 0 Å². The molecule has 0 bridgehead atoms. The second kappa shape index (κ2) is 6.86. The maximum absolute atomic E-state index is 5.71. The lowest BCUT2D eigenvalue weighted by atomic mass is 10.2. The van der Waals surface area contributed by atoms with Crippen molar-refractivity contribution in [3.8, 4) is 6.01 Å². The van der Waals surface area contributed by atoms with Crippen LogP contribution in [0.5, 0.6) is 6.01 Å². The molecule has 1 aromatic rings. The molecule has 1 saturated heterocycles. The SMILES string of the molecule is CC(C)(C)OCCOc1nc(N)nc(N2CCOCC2)n1. The normalized spacial score (nSPS) is 16.0. The van der Waals surface area contributed by atoms with Crippen molar-refractivity contribution < 1.29 is 14.2 Å². The van der Waals surface area contributed by atoms with Gasteiger partial charge in [-0.25, -0.2) is 0 Å². The molecule has 0 amide bonds. The Labute approximate surface area is 124 Å². The highest BCUT2D eigenvalue weighted by molar-refractivity contribution is 5.36. The molecular weight excluding hydrogens is 274 g/mol. The summed E-state index contributed by atoms with van der Waals surface area (Å²) in [6.07, 6.45) is 0. The quantitative estimate of drug-likeness (QED) is 0.784. The average Bonchev–Trinajstić information content (AvgIpc) is 2.43. The molecule has 0 aliphatic carbocycles. The molecular formula is C13H23N5O3. The molecule has 21 heavy (non-hydrogen) atoms. The zero-order chi connectivity index (χ0) is 15.3. The fourth-order valence-corrected chi connectivity index (χ4v) is 1.81. The Balaban J connectivity index is 1.92. The molecule has 0 unspecified atom stereocenters. The standard InChI is InChI=1S/C13H23N5O3/c1-13(2,3)21-9-8-20-12-16-10(14)15-11(17-12)18-4-6-19-7-5-18/h4-9H2,1-3H3,(H2,14,15,16,17). The van der Waals surface area contributed by atoms with Gasteiger partial charge in [0.2, 0.25) is 11.9 Å². The van der Waals surface area contributed by atoms with E-state index in [2.05, 4.69) is 15.0 Å². The molecule has 0 atom stereocenters. The van der Waals surface area contributed by atoms with Gasteiger partial charge in [0, 0.05) is 13.1 Å². The van der Waals surface area contributed by atoms with Gasteiger partial charge in [0.1, 0.15) is 6.61 Å². The minimum Gasteiger partial charge on any atom is -0.461 e. The maximum atomic E-state index is 5.71. The summed E-state index contributed by atoms with van der Waals surface area (Å²) in [6.45, 7) is 9.57. The van der Waals surface area contributed by atoms with Gasteiger partial charge in [-0.2, -0.15) is 15.0 Å². The van der Waals surface area contributed by atoms with Crippen LogP contribution in [0.15, 0.2) is 0 Å². The Morgan fingerprint density at radius 1 is 1.14 bits per heavy atom. The van der Waals surface area contributed by atoms with Gasteiger partial charge in [0.05, 0.1) is 25.4 Å². The van der Waals surface area contributed by atoms with Gasteiger partial charge in [-0.3, -0.25) is 0 Å². The summed E-state index contributed by atoms with van der Waals surface area (Å²) in [5, 5.41) is 0. The number of anilines is 2. The van der Waals surface area contributed by atoms with Crippen LogP contribution in [-0.4, -0.2) is 60.1 Å². The van der Waals surface area contributed by atoms with E-state index in [0.29, 0.717) is 32.4 Å². The molecule has 118 valence electrons. The number of morpholine rings is 1. The monoisotopic (exact) mass is 297 g/mol. The molecule has 8 heteroatoms. The smallest absolute Gasteiger partial charge is 0.323 e. The van der Waals surface area contributed by atoms with Crippen LogP contribution in [-0.2, 0) is 9.47 Å². The third kappa shape index (κ3) is 5.31. The lowest BCUT2D eigenvalue weighted by Gasteiger charge is -2.26. The highest BCUT2D eigenvalue weighted by Gasteiger charge is 2.16. The van der Waals surface area contributed by atoms with Crippen LogP contribution in [0, 0.1) is 0 Å². The third-order valence-electron chi connectivity index (χ3n) is 2.76. The first-order valence-corrected chi connectivity index (χ1v) is 7.05. The molecule has 1 aromatic heterocycles. The van der Waals surface area contributed by atoms with Crippen LogP contribution < -0.4 is 15.4 Å². The van der Waals surface area contributed by atoms with Crippen molar-refractivity contribution in [1.82, 2.24) is 15.0 Å². The summed E-state index contributed by atoms with van der Waals surface area (Å²) in [5.41, 5.74) is 5.51. The van der Waals surface area contributed by atoms with Crippen molar-refractivity contribution in [2.45, 2.75) is 26.4 Å². The van der Waals surface area contributed by atoms with Crippen molar-refractivity contribution >= 4 is 11.9 Å². The van der Waals surface area contributed by atoms with Gasteiger partial charge < -0.3 is 24.8 Å². The first-order valence-electron chi connectivity index (χ1n) is 7.05. The lowest BCUT2D eigenvalue weighted by molar-refractivity contribution is -0.0173. The van der Waals surface area contributed by atoms with E-state index in [1.807, 2.05) is 25.7 Å². The Morgan fingerprint density at radius 3 is 2.52 bits per heavy atom. The summed E-state index contributed by atoms with van der Waals surface area (Å²) >= 11 is 0. The molecule has 0 saturated carbocycles. The Hall–Kier alpha value is -1.67. The summed E-state index contributed by atoms with van der Waals surface area (Å²) in [6, 6.07) is 0.224. The molecule has 2 rings (SSSR count). The van der Waals surface area contributed by atoms with Crippen LogP contribution in [0.4, 0.5) is 11.9 Å². The highest BCUT2D eigenvalue weighted by Crippen LogP contribution is 2.15. The highest BCUT2D eigenvalue weighted by atomic mass is 16.5. The minimum atomic E-state index is -0.194. The molecule has 0 spiro atoms. The predicted octanol–water partition coefficient (Wildman–Crippen LogP) is 0.484. The van der Waals surface area contributed by atoms with Crippen LogP contribution in [0.2, 0.25) is 0 Å². The lowest BCUT2D eigenvalue weighted by Crippen LogP contribution is -2.37. The van der Waals surface area contributed by atoms with Gasteiger partial charge in [0.25, 0.3) is 0 Å². The number of ether oxygens (including phenoxy) is 3. The largest absolute Gasteiger partial charge is 0.461 e. The number of nitrogen functional groups attached to an aromatic ring is 1. The zero-order valence-electron chi connectivity index (χ0n) is 12.8. The number of rotatable bonds is 5. The minimum absolute atomic E-state index is 0.151. The van der Waals surface area contributed by atoms with Crippen molar-refractivity contribution in [3.63, 3.8) is 0 Å². The van der Waals surface area contributed by atoms with Crippen molar-refractivity contribution in [2.75, 3.05) is 50.2 Å². The van der Waals surface area contributed by atoms with Crippen LogP contribution in [0.3, 0.4) is 0 Å². The van der Waals surface area contributed by atoms with E-state index in [0.717, 1.165) is 13.1 Å². The Morgan fingerprint density at radius 2 is 1.86 bits per heavy atom. The van der Waals surface area contributed by atoms with Gasteiger partial charge in [-0.15, -0.1) is 0 Å². The summed E-state index contributed by atoms with van der Waals surface area (Å²) in [4.78, 5) is 14.4. The van der Waals surface area contributed by atoms with Gasteiger partial charge in [-0.05, 0) is 20.8 Å². The number of hydrogen-bond acceptors (Lipinski definition) is 8. The predicted molar refractivity (Wildman–Crippen MR) is 78.5 cm³/mol. The first-order chi connectivity index (χ1) is 9.94. The first kappa shape index (κ1) is 15.7. The summed E-state index contributed by atoms with van der Waals surface area (Å²) in [5.74, 6) is 0.677. The van der Waals surface area contributed by atoms with Gasteiger partial charge in [0.15, 0.2) is 0 Å². The number of nitrogens with zero attached hydrogens (tertiary/aromatic N) is 4. The van der Waals surface area contributed by atoms with E-state index in [-0.39, 0.29) is 17.6 Å². The number of nitrogens with two attached hydrogens (primary N) is 1. The van der Waals surface area contributed by atoms with E-state index in [4.69, 9.17) is 19.9 Å². The molecule has 0 aromatic carbocycles. The summed E-state index contributed by atoms with van der Waals surface area (Å²) in [7, 11) is 0. The van der Waals surface area contributed by atoms with E-state index >= 15 is 0 Å².